The molecule has 0 bridgehead atoms. The maximum atomic E-state index is 13.0. The van der Waals surface area contributed by atoms with Crippen LogP contribution in [-0.2, 0) is 6.54 Å². The zero-order valence-corrected chi connectivity index (χ0v) is 16.7. The van der Waals surface area contributed by atoms with Gasteiger partial charge in [-0.05, 0) is 25.0 Å². The molecule has 4 aromatic rings. The average molecular weight is 404 g/mol. The van der Waals surface area contributed by atoms with Crippen LogP contribution in [-0.4, -0.2) is 33.4 Å². The van der Waals surface area contributed by atoms with Gasteiger partial charge in [-0.25, -0.2) is 9.97 Å². The number of hydrogen-bond acceptors (Lipinski definition) is 5. The lowest BCUT2D eigenvalue weighted by atomic mass is 10.1. The van der Waals surface area contributed by atoms with Crippen LogP contribution in [0.25, 0.3) is 16.2 Å². The Hall–Kier alpha value is -3.19. The molecule has 7 heteroatoms. The largest absolute Gasteiger partial charge is 0.356 e. The Balaban J connectivity index is 1.41. The van der Waals surface area contributed by atoms with E-state index in [4.69, 9.17) is 4.98 Å². The second-order valence-corrected chi connectivity index (χ2v) is 8.01. The minimum absolute atomic E-state index is 0.115. The molecule has 1 amide bonds. The lowest BCUT2D eigenvalue weighted by Gasteiger charge is -2.20. The number of pyridine rings is 1. The number of nitrogens with zero attached hydrogens (tertiary/aromatic N) is 4. The molecule has 1 aliphatic heterocycles. The smallest absolute Gasteiger partial charge is 0.255 e. The molecule has 146 valence electrons. The average Bonchev–Trinajstić information content (AvgIpc) is 3.50. The molecule has 1 aliphatic rings. The third-order valence-electron chi connectivity index (χ3n) is 5.17. The normalized spacial score (nSPS) is 13.9. The first kappa shape index (κ1) is 17.9. The number of anilines is 1. The number of rotatable bonds is 5. The summed E-state index contributed by atoms with van der Waals surface area (Å²) in [5.74, 6) is 0.655. The van der Waals surface area contributed by atoms with Gasteiger partial charge in [0.2, 0.25) is 0 Å². The van der Waals surface area contributed by atoms with Gasteiger partial charge in [-0.15, -0.1) is 11.3 Å². The van der Waals surface area contributed by atoms with E-state index in [2.05, 4.69) is 15.2 Å². The van der Waals surface area contributed by atoms with E-state index in [0.717, 1.165) is 53.7 Å². The summed E-state index contributed by atoms with van der Waals surface area (Å²) in [6, 6.07) is 13.9. The number of nitrogens with one attached hydrogen (secondary N) is 1. The van der Waals surface area contributed by atoms with Gasteiger partial charge in [0, 0.05) is 36.4 Å². The fraction of sp³-hybridized carbons (Fsp3) is 0.227. The van der Waals surface area contributed by atoms with E-state index >= 15 is 0 Å². The number of benzene rings is 1. The molecule has 0 aliphatic carbocycles. The molecule has 1 fully saturated rings. The molecule has 4 heterocycles. The zero-order chi connectivity index (χ0) is 19.6. The van der Waals surface area contributed by atoms with Gasteiger partial charge in [0.15, 0.2) is 4.96 Å². The number of thiazole rings is 1. The molecule has 1 N–H and O–H groups in total. The molecular formula is C22H21N5OS. The Morgan fingerprint density at radius 1 is 1.07 bits per heavy atom. The van der Waals surface area contributed by atoms with E-state index in [0.29, 0.717) is 12.1 Å². The van der Waals surface area contributed by atoms with Gasteiger partial charge in [-0.1, -0.05) is 30.3 Å². The second kappa shape index (κ2) is 7.67. The first-order chi connectivity index (χ1) is 14.3. The summed E-state index contributed by atoms with van der Waals surface area (Å²) in [7, 11) is 0. The fourth-order valence-corrected chi connectivity index (χ4v) is 4.41. The van der Waals surface area contributed by atoms with Crippen LogP contribution < -0.4 is 10.2 Å². The summed E-state index contributed by atoms with van der Waals surface area (Å²) in [4.78, 5) is 25.5. The van der Waals surface area contributed by atoms with Crippen LogP contribution in [0.2, 0.25) is 0 Å². The molecule has 0 spiro atoms. The quantitative estimate of drug-likeness (QED) is 0.547. The third kappa shape index (κ3) is 3.61. The van der Waals surface area contributed by atoms with Gasteiger partial charge in [-0.3, -0.25) is 9.20 Å². The van der Waals surface area contributed by atoms with Crippen molar-refractivity contribution in [1.29, 1.82) is 0 Å². The van der Waals surface area contributed by atoms with Crippen molar-refractivity contribution in [3.63, 3.8) is 0 Å². The predicted octanol–water partition coefficient (Wildman–Crippen LogP) is 3.99. The van der Waals surface area contributed by atoms with Crippen molar-refractivity contribution >= 4 is 28.0 Å². The van der Waals surface area contributed by atoms with Gasteiger partial charge in [-0.2, -0.15) is 0 Å². The van der Waals surface area contributed by atoms with Crippen molar-refractivity contribution in [3.8, 4) is 11.3 Å². The first-order valence-electron chi connectivity index (χ1n) is 9.78. The van der Waals surface area contributed by atoms with Gasteiger partial charge in [0.05, 0.1) is 23.5 Å². The highest BCUT2D eigenvalue weighted by Crippen LogP contribution is 2.27. The molecular weight excluding hydrogens is 382 g/mol. The standard InChI is InChI=1S/C22H21N5OS/c28-21(23-14-17-15-27-12-13-29-22(27)24-17)18-8-9-19(16-6-2-1-3-7-16)25-20(18)26-10-4-5-11-26/h1-3,6-9,12-13,15H,4-5,10-11,14H2,(H,23,28). The van der Waals surface area contributed by atoms with Crippen LogP contribution in [0, 0.1) is 0 Å². The molecule has 0 unspecified atom stereocenters. The summed E-state index contributed by atoms with van der Waals surface area (Å²) in [6.45, 7) is 2.26. The molecule has 1 saturated heterocycles. The highest BCUT2D eigenvalue weighted by atomic mass is 32.1. The lowest BCUT2D eigenvalue weighted by Crippen LogP contribution is -2.28. The summed E-state index contributed by atoms with van der Waals surface area (Å²) >= 11 is 1.58. The number of carbonyl (C=O) groups is 1. The van der Waals surface area contributed by atoms with E-state index in [1.165, 1.54) is 0 Å². The summed E-state index contributed by atoms with van der Waals surface area (Å²) in [6.07, 6.45) is 6.17. The Kier molecular flexibility index (Phi) is 4.73. The molecule has 3 aromatic heterocycles. The van der Waals surface area contributed by atoms with Crippen LogP contribution in [0.3, 0.4) is 0 Å². The number of fused-ring (bicyclic) bond motifs is 1. The Morgan fingerprint density at radius 2 is 1.90 bits per heavy atom. The molecule has 0 radical (unpaired) electrons. The second-order valence-electron chi connectivity index (χ2n) is 7.14. The maximum Gasteiger partial charge on any atom is 0.255 e. The van der Waals surface area contributed by atoms with Crippen LogP contribution in [0.15, 0.2) is 60.2 Å². The van der Waals surface area contributed by atoms with Gasteiger partial charge in [0.1, 0.15) is 5.82 Å². The zero-order valence-electron chi connectivity index (χ0n) is 15.9. The number of carbonyl (C=O) groups excluding carboxylic acids is 1. The molecule has 5 rings (SSSR count). The number of imidazole rings is 1. The first-order valence-corrected chi connectivity index (χ1v) is 10.7. The van der Waals surface area contributed by atoms with Crippen LogP contribution in [0.4, 0.5) is 5.82 Å². The van der Waals surface area contributed by atoms with Crippen molar-refractivity contribution in [2.75, 3.05) is 18.0 Å². The summed E-state index contributed by atoms with van der Waals surface area (Å²) < 4.78 is 1.97. The summed E-state index contributed by atoms with van der Waals surface area (Å²) in [5.41, 5.74) is 3.41. The molecule has 29 heavy (non-hydrogen) atoms. The van der Waals surface area contributed by atoms with E-state index < -0.39 is 0 Å². The highest BCUT2D eigenvalue weighted by Gasteiger charge is 2.22. The monoisotopic (exact) mass is 403 g/mol. The Bertz CT molecular complexity index is 1120. The molecule has 1 aromatic carbocycles. The van der Waals surface area contributed by atoms with Crippen molar-refractivity contribution in [1.82, 2.24) is 19.7 Å². The maximum absolute atomic E-state index is 13.0. The van der Waals surface area contributed by atoms with Gasteiger partial charge >= 0.3 is 0 Å². The number of hydrogen-bond donors (Lipinski definition) is 1. The minimum Gasteiger partial charge on any atom is -0.356 e. The van der Waals surface area contributed by atoms with Crippen LogP contribution in [0.5, 0.6) is 0 Å². The third-order valence-corrected chi connectivity index (χ3v) is 5.94. The highest BCUT2D eigenvalue weighted by molar-refractivity contribution is 7.15. The van der Waals surface area contributed by atoms with Crippen molar-refractivity contribution in [2.45, 2.75) is 19.4 Å². The van der Waals surface area contributed by atoms with E-state index in [1.54, 1.807) is 11.3 Å². The van der Waals surface area contributed by atoms with Crippen molar-refractivity contribution in [2.24, 2.45) is 0 Å². The van der Waals surface area contributed by atoms with E-state index in [9.17, 15) is 4.79 Å². The number of amides is 1. The topological polar surface area (TPSA) is 62.5 Å². The van der Waals surface area contributed by atoms with Gasteiger partial charge in [0.25, 0.3) is 5.91 Å². The molecule has 0 saturated carbocycles. The van der Waals surface area contributed by atoms with Crippen molar-refractivity contribution in [3.05, 3.63) is 71.5 Å². The predicted molar refractivity (Wildman–Crippen MR) is 115 cm³/mol. The summed E-state index contributed by atoms with van der Waals surface area (Å²) in [5, 5.41) is 5.01. The van der Waals surface area contributed by atoms with Crippen molar-refractivity contribution < 1.29 is 4.79 Å². The van der Waals surface area contributed by atoms with Gasteiger partial charge < -0.3 is 10.2 Å². The van der Waals surface area contributed by atoms with Crippen LogP contribution >= 0.6 is 11.3 Å². The minimum atomic E-state index is -0.115. The Labute approximate surface area is 172 Å². The number of aromatic nitrogens is 3. The molecule has 0 atom stereocenters. The molecule has 6 nitrogen and oxygen atoms in total. The fourth-order valence-electron chi connectivity index (χ4n) is 3.69. The van der Waals surface area contributed by atoms with Crippen LogP contribution in [0.1, 0.15) is 28.9 Å². The van der Waals surface area contributed by atoms with E-state index in [-0.39, 0.29) is 5.91 Å². The lowest BCUT2D eigenvalue weighted by molar-refractivity contribution is 0.0950. The SMILES string of the molecule is O=C(NCc1cn2ccsc2n1)c1ccc(-c2ccccc2)nc1N1CCCC1. The Morgan fingerprint density at radius 3 is 2.69 bits per heavy atom. The van der Waals surface area contributed by atoms with E-state index in [1.807, 2.05) is 64.6 Å².